The van der Waals surface area contributed by atoms with Gasteiger partial charge in [0.15, 0.2) is 0 Å². The molecule has 3 nitrogen and oxygen atoms in total. The van der Waals surface area contributed by atoms with Crippen molar-refractivity contribution in [3.05, 3.63) is 23.8 Å². The fraction of sp³-hybridized carbons (Fsp3) is 0.500. The third-order valence-corrected chi connectivity index (χ3v) is 3.49. The van der Waals surface area contributed by atoms with Crippen LogP contribution in [0.25, 0.3) is 0 Å². The van der Waals surface area contributed by atoms with Crippen LogP contribution in [-0.4, -0.2) is 19.6 Å². The van der Waals surface area contributed by atoms with E-state index in [-0.39, 0.29) is 0 Å². The molecular weight excluding hydrogens is 186 g/mol. The molecule has 80 valence electrons. The Kier molecular flexibility index (Phi) is 2.06. The predicted octanol–water partition coefficient (Wildman–Crippen LogP) is 1.52. The van der Waals surface area contributed by atoms with Gasteiger partial charge in [-0.15, -0.1) is 0 Å². The van der Waals surface area contributed by atoms with Gasteiger partial charge in [-0.3, -0.25) is 0 Å². The van der Waals surface area contributed by atoms with Crippen molar-refractivity contribution in [2.75, 3.05) is 29.5 Å². The Morgan fingerprint density at radius 3 is 2.53 bits per heavy atom. The smallest absolute Gasteiger partial charge is 0.0570 e. The van der Waals surface area contributed by atoms with Crippen molar-refractivity contribution < 1.29 is 0 Å². The summed E-state index contributed by atoms with van der Waals surface area (Å²) in [5.41, 5.74) is 4.08. The topological polar surface area (TPSA) is 32.5 Å². The van der Waals surface area contributed by atoms with Crippen molar-refractivity contribution in [3.63, 3.8) is 0 Å². The Hall–Kier alpha value is -1.22. The van der Waals surface area contributed by atoms with Gasteiger partial charge in [-0.2, -0.15) is 0 Å². The molecule has 0 saturated carbocycles. The molecule has 1 saturated heterocycles. The second-order valence-corrected chi connectivity index (χ2v) is 4.41. The number of benzene rings is 1. The summed E-state index contributed by atoms with van der Waals surface area (Å²) in [6.07, 6.45) is 3.75. The fourth-order valence-corrected chi connectivity index (χ4v) is 2.70. The molecule has 2 aliphatic heterocycles. The third kappa shape index (κ3) is 1.38. The number of hydrogen-bond acceptors (Lipinski definition) is 3. The Bertz CT molecular complexity index is 369. The van der Waals surface area contributed by atoms with Gasteiger partial charge in [-0.25, -0.2) is 5.84 Å². The van der Waals surface area contributed by atoms with Gasteiger partial charge in [0.05, 0.1) is 5.69 Å². The molecule has 0 amide bonds. The summed E-state index contributed by atoms with van der Waals surface area (Å²) < 4.78 is 0. The summed E-state index contributed by atoms with van der Waals surface area (Å²) in [6.45, 7) is 3.38. The fourth-order valence-electron chi connectivity index (χ4n) is 2.70. The Balaban J connectivity index is 2.01. The van der Waals surface area contributed by atoms with E-state index in [9.17, 15) is 0 Å². The standard InChI is InChI=1S/C12H17N3/c13-15-9-6-10-11(4-3-5-12(10)15)14-7-1-2-8-14/h3-5H,1-2,6-9,13H2. The maximum atomic E-state index is 5.93. The third-order valence-electron chi connectivity index (χ3n) is 3.49. The van der Waals surface area contributed by atoms with Gasteiger partial charge < -0.3 is 9.91 Å². The Morgan fingerprint density at radius 1 is 1.00 bits per heavy atom. The molecule has 15 heavy (non-hydrogen) atoms. The molecule has 2 heterocycles. The van der Waals surface area contributed by atoms with Crippen molar-refractivity contribution in [3.8, 4) is 0 Å². The lowest BCUT2D eigenvalue weighted by atomic mass is 10.1. The first-order valence-electron chi connectivity index (χ1n) is 5.75. The van der Waals surface area contributed by atoms with Gasteiger partial charge >= 0.3 is 0 Å². The molecule has 0 atom stereocenters. The lowest BCUT2D eigenvalue weighted by molar-refractivity contribution is 0.888. The molecule has 1 aromatic rings. The van der Waals surface area contributed by atoms with Crippen LogP contribution in [0.3, 0.4) is 0 Å². The van der Waals surface area contributed by atoms with Crippen molar-refractivity contribution >= 4 is 11.4 Å². The molecule has 0 aromatic heterocycles. The number of nitrogens with zero attached hydrogens (tertiary/aromatic N) is 2. The van der Waals surface area contributed by atoms with E-state index < -0.39 is 0 Å². The van der Waals surface area contributed by atoms with Crippen LogP contribution >= 0.6 is 0 Å². The maximum absolute atomic E-state index is 5.93. The molecule has 0 bridgehead atoms. The molecule has 1 aromatic carbocycles. The molecule has 3 heteroatoms. The van der Waals surface area contributed by atoms with Gasteiger partial charge in [0.2, 0.25) is 0 Å². The molecule has 2 N–H and O–H groups in total. The van der Waals surface area contributed by atoms with Crippen LogP contribution in [0.1, 0.15) is 18.4 Å². The summed E-state index contributed by atoms with van der Waals surface area (Å²) in [5.74, 6) is 5.93. The van der Waals surface area contributed by atoms with Crippen LogP contribution in [0.5, 0.6) is 0 Å². The van der Waals surface area contributed by atoms with E-state index >= 15 is 0 Å². The minimum Gasteiger partial charge on any atom is -0.371 e. The average Bonchev–Trinajstić information content (AvgIpc) is 2.88. The highest BCUT2D eigenvalue weighted by Gasteiger charge is 2.23. The quantitative estimate of drug-likeness (QED) is 0.702. The van der Waals surface area contributed by atoms with E-state index in [0.717, 1.165) is 13.0 Å². The van der Waals surface area contributed by atoms with Gasteiger partial charge in [0.1, 0.15) is 0 Å². The summed E-state index contributed by atoms with van der Waals surface area (Å²) >= 11 is 0. The molecule has 0 radical (unpaired) electrons. The SMILES string of the molecule is NN1CCc2c1cccc2N1CCCC1. The van der Waals surface area contributed by atoms with E-state index in [1.54, 1.807) is 0 Å². The van der Waals surface area contributed by atoms with Crippen LogP contribution in [-0.2, 0) is 6.42 Å². The van der Waals surface area contributed by atoms with Crippen LogP contribution in [0.4, 0.5) is 11.4 Å². The van der Waals surface area contributed by atoms with Crippen LogP contribution in [0, 0.1) is 0 Å². The Labute approximate surface area is 90.4 Å². The van der Waals surface area contributed by atoms with Gasteiger partial charge in [0.25, 0.3) is 0 Å². The van der Waals surface area contributed by atoms with Crippen LogP contribution in [0.2, 0.25) is 0 Å². The van der Waals surface area contributed by atoms with Crippen molar-refractivity contribution in [1.82, 2.24) is 0 Å². The lowest BCUT2D eigenvalue weighted by Gasteiger charge is -2.21. The predicted molar refractivity (Wildman–Crippen MR) is 63.1 cm³/mol. The van der Waals surface area contributed by atoms with E-state index in [1.165, 1.54) is 42.9 Å². The zero-order valence-corrected chi connectivity index (χ0v) is 8.95. The minimum absolute atomic E-state index is 0.959. The van der Waals surface area contributed by atoms with E-state index in [4.69, 9.17) is 5.84 Å². The average molecular weight is 203 g/mol. The van der Waals surface area contributed by atoms with Crippen molar-refractivity contribution in [2.24, 2.45) is 5.84 Å². The highest BCUT2D eigenvalue weighted by Crippen LogP contribution is 2.35. The number of anilines is 2. The van der Waals surface area contributed by atoms with E-state index in [1.807, 2.05) is 5.01 Å². The molecule has 3 rings (SSSR count). The molecular formula is C12H17N3. The molecule has 1 fully saturated rings. The lowest BCUT2D eigenvalue weighted by Crippen LogP contribution is -2.28. The molecule has 0 spiro atoms. The van der Waals surface area contributed by atoms with Crippen LogP contribution < -0.4 is 15.8 Å². The van der Waals surface area contributed by atoms with Crippen LogP contribution in [0.15, 0.2) is 18.2 Å². The highest BCUT2D eigenvalue weighted by molar-refractivity contribution is 5.70. The molecule has 0 unspecified atom stereocenters. The van der Waals surface area contributed by atoms with Gasteiger partial charge in [-0.1, -0.05) is 6.07 Å². The summed E-state index contributed by atoms with van der Waals surface area (Å²) in [7, 11) is 0. The van der Waals surface area contributed by atoms with E-state index in [0.29, 0.717) is 0 Å². The first-order valence-corrected chi connectivity index (χ1v) is 5.75. The zero-order valence-electron chi connectivity index (χ0n) is 8.95. The highest BCUT2D eigenvalue weighted by atomic mass is 15.4. The zero-order chi connectivity index (χ0) is 10.3. The van der Waals surface area contributed by atoms with E-state index in [2.05, 4.69) is 23.1 Å². The molecule has 2 aliphatic rings. The summed E-state index contributed by atoms with van der Waals surface area (Å²) in [5, 5.41) is 1.87. The number of fused-ring (bicyclic) bond motifs is 1. The summed E-state index contributed by atoms with van der Waals surface area (Å²) in [6, 6.07) is 6.49. The first-order chi connectivity index (χ1) is 7.36. The second kappa shape index (κ2) is 3.42. The first kappa shape index (κ1) is 9.04. The van der Waals surface area contributed by atoms with Gasteiger partial charge in [0, 0.05) is 30.9 Å². The largest absolute Gasteiger partial charge is 0.371 e. The minimum atomic E-state index is 0.959. The normalized spacial score (nSPS) is 19.8. The maximum Gasteiger partial charge on any atom is 0.0570 e. The number of hydrazine groups is 1. The number of hydrogen-bond donors (Lipinski definition) is 1. The second-order valence-electron chi connectivity index (χ2n) is 4.41. The molecule has 0 aliphatic carbocycles. The monoisotopic (exact) mass is 203 g/mol. The van der Waals surface area contributed by atoms with Crippen molar-refractivity contribution in [2.45, 2.75) is 19.3 Å². The van der Waals surface area contributed by atoms with Gasteiger partial charge in [-0.05, 0) is 31.4 Å². The Morgan fingerprint density at radius 2 is 1.73 bits per heavy atom. The van der Waals surface area contributed by atoms with Crippen molar-refractivity contribution in [1.29, 1.82) is 0 Å². The summed E-state index contributed by atoms with van der Waals surface area (Å²) in [4.78, 5) is 2.50. The number of nitrogens with two attached hydrogens (primary N) is 1. The number of rotatable bonds is 1.